The number of anilines is 2. The van der Waals surface area contributed by atoms with E-state index < -0.39 is 11.9 Å². The van der Waals surface area contributed by atoms with Gasteiger partial charge in [-0.3, -0.25) is 24.1 Å². The molecule has 2 fully saturated rings. The van der Waals surface area contributed by atoms with E-state index in [9.17, 15) is 19.2 Å². The highest BCUT2D eigenvalue weighted by Crippen LogP contribution is 2.31. The number of ether oxygens (including phenoxy) is 1. The highest BCUT2D eigenvalue weighted by atomic mass is 35.5. The first-order valence-electron chi connectivity index (χ1n) is 10.5. The highest BCUT2D eigenvalue weighted by molar-refractivity contribution is 6.31. The number of esters is 1. The van der Waals surface area contributed by atoms with Gasteiger partial charge in [-0.2, -0.15) is 0 Å². The number of halogens is 1. The molecule has 0 bridgehead atoms. The second kappa shape index (κ2) is 8.74. The van der Waals surface area contributed by atoms with E-state index in [1.54, 1.807) is 42.2 Å². The quantitative estimate of drug-likeness (QED) is 0.396. The van der Waals surface area contributed by atoms with E-state index in [-0.39, 0.29) is 30.7 Å². The van der Waals surface area contributed by atoms with Gasteiger partial charge >= 0.3 is 5.97 Å². The minimum absolute atomic E-state index is 0.0537. The van der Waals surface area contributed by atoms with Gasteiger partial charge in [-0.15, -0.1) is 0 Å². The van der Waals surface area contributed by atoms with Crippen LogP contribution in [0.4, 0.5) is 11.4 Å². The summed E-state index contributed by atoms with van der Waals surface area (Å²) < 4.78 is 5.52. The molecule has 0 N–H and O–H groups in total. The third-order valence-corrected chi connectivity index (χ3v) is 6.24. The first kappa shape index (κ1) is 22.0. The molecule has 7 nitrogen and oxygen atoms in total. The van der Waals surface area contributed by atoms with Crippen molar-refractivity contribution in [1.29, 1.82) is 0 Å². The van der Waals surface area contributed by atoms with Crippen molar-refractivity contribution in [2.45, 2.75) is 39.5 Å². The highest BCUT2D eigenvalue weighted by Gasteiger charge is 2.37. The molecule has 2 aromatic carbocycles. The summed E-state index contributed by atoms with van der Waals surface area (Å²) >= 11 is 6.17. The molecule has 2 heterocycles. The lowest BCUT2D eigenvalue weighted by Crippen LogP contribution is -2.40. The smallest absolute Gasteiger partial charge is 0.316 e. The fraction of sp³-hybridized carbons (Fsp3) is 0.333. The average molecular weight is 455 g/mol. The third kappa shape index (κ3) is 4.25. The average Bonchev–Trinajstić information content (AvgIpc) is 3.13. The number of piperidine rings is 1. The summed E-state index contributed by atoms with van der Waals surface area (Å²) in [6.07, 6.45) is 1.29. The van der Waals surface area contributed by atoms with E-state index in [0.29, 0.717) is 47.0 Å². The number of hydrogen-bond acceptors (Lipinski definition) is 5. The Morgan fingerprint density at radius 1 is 0.969 bits per heavy atom. The van der Waals surface area contributed by atoms with Crippen molar-refractivity contribution >= 4 is 46.7 Å². The molecule has 2 saturated heterocycles. The molecule has 0 aromatic heterocycles. The van der Waals surface area contributed by atoms with Gasteiger partial charge in [0.15, 0.2) is 0 Å². The van der Waals surface area contributed by atoms with Crippen molar-refractivity contribution in [3.63, 3.8) is 0 Å². The molecule has 0 saturated carbocycles. The summed E-state index contributed by atoms with van der Waals surface area (Å²) in [4.78, 5) is 52.3. The summed E-state index contributed by atoms with van der Waals surface area (Å²) in [7, 11) is 0. The number of hydrogen-bond donors (Lipinski definition) is 0. The van der Waals surface area contributed by atoms with E-state index in [0.717, 1.165) is 5.56 Å². The SMILES string of the molecule is Cc1ccc(N2C[C@H](C(=O)Oc3ccc(N4C(=O)CCCC4=O)c(C)c3)CC2=O)cc1Cl. The molecule has 0 radical (unpaired) electrons. The zero-order chi connectivity index (χ0) is 23.0. The Morgan fingerprint density at radius 2 is 1.69 bits per heavy atom. The molecule has 2 aliphatic rings. The fourth-order valence-electron chi connectivity index (χ4n) is 4.03. The van der Waals surface area contributed by atoms with Crippen LogP contribution < -0.4 is 14.5 Å². The molecule has 3 amide bonds. The minimum atomic E-state index is -0.604. The molecule has 0 spiro atoms. The lowest BCUT2D eigenvalue weighted by molar-refractivity contribution is -0.139. The molecule has 4 rings (SSSR count). The van der Waals surface area contributed by atoms with Gasteiger partial charge in [0.05, 0.1) is 11.6 Å². The van der Waals surface area contributed by atoms with Crippen molar-refractivity contribution in [3.05, 3.63) is 52.5 Å². The predicted octanol–water partition coefficient (Wildman–Crippen LogP) is 3.96. The van der Waals surface area contributed by atoms with Crippen LogP contribution in [-0.2, 0) is 19.2 Å². The lowest BCUT2D eigenvalue weighted by Gasteiger charge is -2.26. The van der Waals surface area contributed by atoms with Crippen molar-refractivity contribution in [2.75, 3.05) is 16.3 Å². The summed E-state index contributed by atoms with van der Waals surface area (Å²) in [5.74, 6) is -1.42. The molecular formula is C24H23ClN2O5. The van der Waals surface area contributed by atoms with Crippen LogP contribution in [0.1, 0.15) is 36.8 Å². The van der Waals surface area contributed by atoms with Crippen LogP contribution in [-0.4, -0.2) is 30.2 Å². The van der Waals surface area contributed by atoms with Crippen LogP contribution in [0.3, 0.4) is 0 Å². The second-order valence-corrected chi connectivity index (χ2v) is 8.59. The van der Waals surface area contributed by atoms with Crippen molar-refractivity contribution in [3.8, 4) is 5.75 Å². The second-order valence-electron chi connectivity index (χ2n) is 8.18. The number of amides is 3. The Kier molecular flexibility index (Phi) is 6.02. The van der Waals surface area contributed by atoms with Crippen molar-refractivity contribution in [2.24, 2.45) is 5.92 Å². The lowest BCUT2D eigenvalue weighted by atomic mass is 10.1. The maximum Gasteiger partial charge on any atom is 0.316 e. The topological polar surface area (TPSA) is 84.0 Å². The number of nitrogens with zero attached hydrogens (tertiary/aromatic N) is 2. The van der Waals surface area contributed by atoms with E-state index in [1.807, 2.05) is 13.0 Å². The number of benzene rings is 2. The fourth-order valence-corrected chi connectivity index (χ4v) is 4.20. The van der Waals surface area contributed by atoms with Crippen LogP contribution >= 0.6 is 11.6 Å². The van der Waals surface area contributed by atoms with Gasteiger partial charge in [-0.1, -0.05) is 17.7 Å². The predicted molar refractivity (Wildman–Crippen MR) is 120 cm³/mol. The Morgan fingerprint density at radius 3 is 2.34 bits per heavy atom. The first-order valence-corrected chi connectivity index (χ1v) is 10.9. The van der Waals surface area contributed by atoms with Crippen LogP contribution in [0.25, 0.3) is 0 Å². The molecule has 2 aliphatic heterocycles. The summed E-state index contributed by atoms with van der Waals surface area (Å²) in [5.41, 5.74) is 2.71. The van der Waals surface area contributed by atoms with Gasteiger partial charge in [0.2, 0.25) is 17.7 Å². The Labute approximate surface area is 190 Å². The standard InChI is InChI=1S/C24H23ClN2O5/c1-14-6-7-17(12-19(14)25)26-13-16(11-23(26)30)24(31)32-18-8-9-20(15(2)10-18)27-21(28)4-3-5-22(27)29/h6-10,12,16H,3-5,11,13H2,1-2H3/t16-/m1/s1. The minimum Gasteiger partial charge on any atom is -0.426 e. The molecule has 2 aromatic rings. The number of imide groups is 1. The van der Waals surface area contributed by atoms with Gasteiger partial charge in [-0.25, -0.2) is 0 Å². The van der Waals surface area contributed by atoms with Crippen LogP contribution in [0.2, 0.25) is 5.02 Å². The summed E-state index contributed by atoms with van der Waals surface area (Å²) in [6, 6.07) is 10.1. The van der Waals surface area contributed by atoms with Gasteiger partial charge in [-0.05, 0) is 61.7 Å². The zero-order valence-corrected chi connectivity index (χ0v) is 18.6. The molecular weight excluding hydrogens is 432 g/mol. The summed E-state index contributed by atoms with van der Waals surface area (Å²) in [6.45, 7) is 3.84. The number of carbonyl (C=O) groups is 4. The Bertz CT molecular complexity index is 1110. The zero-order valence-electron chi connectivity index (χ0n) is 17.9. The molecule has 0 aliphatic carbocycles. The molecule has 32 heavy (non-hydrogen) atoms. The molecule has 1 atom stereocenters. The van der Waals surface area contributed by atoms with Gasteiger partial charge in [0, 0.05) is 36.5 Å². The number of carbonyl (C=O) groups excluding carboxylic acids is 4. The number of rotatable bonds is 4. The Balaban J connectivity index is 1.45. The van der Waals surface area contributed by atoms with Gasteiger partial charge in [0.25, 0.3) is 0 Å². The largest absolute Gasteiger partial charge is 0.426 e. The molecule has 8 heteroatoms. The maximum atomic E-state index is 12.7. The Hall–Kier alpha value is -3.19. The van der Waals surface area contributed by atoms with Crippen molar-refractivity contribution in [1.82, 2.24) is 0 Å². The monoisotopic (exact) mass is 454 g/mol. The maximum absolute atomic E-state index is 12.7. The van der Waals surface area contributed by atoms with Crippen LogP contribution in [0.5, 0.6) is 5.75 Å². The third-order valence-electron chi connectivity index (χ3n) is 5.83. The van der Waals surface area contributed by atoms with E-state index in [2.05, 4.69) is 0 Å². The van der Waals surface area contributed by atoms with Gasteiger partial charge in [0.1, 0.15) is 5.75 Å². The van der Waals surface area contributed by atoms with E-state index >= 15 is 0 Å². The van der Waals surface area contributed by atoms with Crippen LogP contribution in [0.15, 0.2) is 36.4 Å². The van der Waals surface area contributed by atoms with Crippen LogP contribution in [0, 0.1) is 19.8 Å². The first-order chi connectivity index (χ1) is 15.2. The molecule has 166 valence electrons. The van der Waals surface area contributed by atoms with Gasteiger partial charge < -0.3 is 9.64 Å². The van der Waals surface area contributed by atoms with E-state index in [4.69, 9.17) is 16.3 Å². The van der Waals surface area contributed by atoms with E-state index in [1.165, 1.54) is 4.90 Å². The normalized spacial score (nSPS) is 19.0. The summed E-state index contributed by atoms with van der Waals surface area (Å²) in [5, 5.41) is 0.558. The van der Waals surface area contributed by atoms with Crippen molar-refractivity contribution < 1.29 is 23.9 Å². The number of aryl methyl sites for hydroxylation is 2. The molecule has 0 unspecified atom stereocenters.